The molecule has 0 amide bonds. The molecule has 108 valence electrons. The van der Waals surface area contributed by atoms with E-state index < -0.39 is 10.1 Å². The zero-order valence-electron chi connectivity index (χ0n) is 11.7. The van der Waals surface area contributed by atoms with E-state index in [0.29, 0.717) is 6.54 Å². The fourth-order valence-corrected chi connectivity index (χ4v) is 2.60. The molecule has 0 atom stereocenters. The average Bonchev–Trinajstić information content (AvgIpc) is 2.81. The Bertz CT molecular complexity index is 660. The third-order valence-electron chi connectivity index (χ3n) is 3.12. The zero-order valence-corrected chi connectivity index (χ0v) is 12.6. The third kappa shape index (κ3) is 3.71. The molecule has 1 aromatic carbocycles. The molecule has 0 unspecified atom stereocenters. The van der Waals surface area contributed by atoms with Crippen LogP contribution in [0.5, 0.6) is 0 Å². The molecule has 0 saturated carbocycles. The molecule has 0 N–H and O–H groups in total. The number of aryl methyl sites for hydroxylation is 1. The van der Waals surface area contributed by atoms with Crippen molar-refractivity contribution in [3.8, 4) is 11.3 Å². The maximum atomic E-state index is 11.0. The van der Waals surface area contributed by atoms with Gasteiger partial charge in [-0.05, 0) is 24.1 Å². The molecule has 4 nitrogen and oxygen atoms in total. The smallest absolute Gasteiger partial charge is 0.264 e. The van der Waals surface area contributed by atoms with Gasteiger partial charge in [-0.2, -0.15) is 8.42 Å². The first-order valence-corrected chi connectivity index (χ1v) is 8.41. The van der Waals surface area contributed by atoms with Crippen molar-refractivity contribution < 1.29 is 12.6 Å². The quantitative estimate of drug-likeness (QED) is 0.769. The lowest BCUT2D eigenvalue weighted by molar-refractivity contribution is 0.303. The molecule has 0 bridgehead atoms. The average molecular weight is 293 g/mol. The summed E-state index contributed by atoms with van der Waals surface area (Å²) in [5.74, 6) is 0. The molecule has 0 spiro atoms. The Kier molecular flexibility index (Phi) is 4.62. The Morgan fingerprint density at radius 3 is 2.40 bits per heavy atom. The second-order valence-electron chi connectivity index (χ2n) is 4.61. The molecule has 20 heavy (non-hydrogen) atoms. The molecule has 2 aromatic rings. The molecular formula is C15H19NO3S. The van der Waals surface area contributed by atoms with Crippen molar-refractivity contribution in [1.82, 2.24) is 4.57 Å². The predicted octanol–water partition coefficient (Wildman–Crippen LogP) is 2.69. The first-order chi connectivity index (χ1) is 9.51. The van der Waals surface area contributed by atoms with Crippen LogP contribution in [0, 0.1) is 0 Å². The van der Waals surface area contributed by atoms with E-state index in [0.717, 1.165) is 23.9 Å². The van der Waals surface area contributed by atoms with Gasteiger partial charge in [-0.15, -0.1) is 0 Å². The first-order valence-electron chi connectivity index (χ1n) is 6.59. The van der Waals surface area contributed by atoms with E-state index >= 15 is 0 Å². The van der Waals surface area contributed by atoms with Gasteiger partial charge in [0.05, 0.1) is 12.9 Å². The number of rotatable bonds is 6. The SMILES string of the molecule is CCc1ccc(-c2ccccc2)n1CCOS(C)(=O)=O. The molecule has 0 aliphatic heterocycles. The fraction of sp³-hybridized carbons (Fsp3) is 0.333. The largest absolute Gasteiger partial charge is 0.342 e. The molecule has 0 saturated heterocycles. The Balaban J connectivity index is 2.24. The van der Waals surface area contributed by atoms with Gasteiger partial charge in [0.2, 0.25) is 0 Å². The highest BCUT2D eigenvalue weighted by Crippen LogP contribution is 2.22. The summed E-state index contributed by atoms with van der Waals surface area (Å²) in [5, 5.41) is 0. The lowest BCUT2D eigenvalue weighted by Gasteiger charge is -2.12. The minimum Gasteiger partial charge on any atom is -0.342 e. The van der Waals surface area contributed by atoms with Crippen molar-refractivity contribution in [1.29, 1.82) is 0 Å². The number of aromatic nitrogens is 1. The van der Waals surface area contributed by atoms with Crippen LogP contribution in [-0.4, -0.2) is 25.8 Å². The van der Waals surface area contributed by atoms with Gasteiger partial charge in [0, 0.05) is 17.9 Å². The van der Waals surface area contributed by atoms with Crippen LogP contribution in [0.2, 0.25) is 0 Å². The minimum absolute atomic E-state index is 0.153. The topological polar surface area (TPSA) is 48.3 Å². The van der Waals surface area contributed by atoms with E-state index in [1.54, 1.807) is 0 Å². The van der Waals surface area contributed by atoms with Gasteiger partial charge in [-0.3, -0.25) is 4.18 Å². The summed E-state index contributed by atoms with van der Waals surface area (Å²) in [6, 6.07) is 14.2. The van der Waals surface area contributed by atoms with E-state index in [2.05, 4.69) is 23.6 Å². The predicted molar refractivity (Wildman–Crippen MR) is 80.0 cm³/mol. The Morgan fingerprint density at radius 2 is 1.80 bits per heavy atom. The molecule has 0 radical (unpaired) electrons. The van der Waals surface area contributed by atoms with Crippen molar-refractivity contribution in [3.63, 3.8) is 0 Å². The molecule has 5 heteroatoms. The Labute approximate surface area is 120 Å². The summed E-state index contributed by atoms with van der Waals surface area (Å²) in [4.78, 5) is 0. The molecule has 0 aliphatic carbocycles. The Morgan fingerprint density at radius 1 is 1.10 bits per heavy atom. The van der Waals surface area contributed by atoms with Gasteiger partial charge in [0.25, 0.3) is 10.1 Å². The van der Waals surface area contributed by atoms with Gasteiger partial charge in [-0.25, -0.2) is 0 Å². The molecule has 0 aliphatic rings. The van der Waals surface area contributed by atoms with Gasteiger partial charge in [-0.1, -0.05) is 37.3 Å². The van der Waals surface area contributed by atoms with E-state index in [1.165, 1.54) is 5.69 Å². The summed E-state index contributed by atoms with van der Waals surface area (Å²) in [7, 11) is -3.39. The number of hydrogen-bond donors (Lipinski definition) is 0. The number of hydrogen-bond acceptors (Lipinski definition) is 3. The highest BCUT2D eigenvalue weighted by atomic mass is 32.2. The second-order valence-corrected chi connectivity index (χ2v) is 6.25. The monoisotopic (exact) mass is 293 g/mol. The van der Waals surface area contributed by atoms with Crippen LogP contribution in [0.15, 0.2) is 42.5 Å². The maximum absolute atomic E-state index is 11.0. The van der Waals surface area contributed by atoms with Crippen LogP contribution < -0.4 is 0 Å². The van der Waals surface area contributed by atoms with E-state index in [-0.39, 0.29) is 6.61 Å². The molecule has 0 fully saturated rings. The van der Waals surface area contributed by atoms with Crippen molar-refractivity contribution in [2.45, 2.75) is 19.9 Å². The van der Waals surface area contributed by atoms with Gasteiger partial charge in [0.15, 0.2) is 0 Å². The standard InChI is InChI=1S/C15H19NO3S/c1-3-14-9-10-15(13-7-5-4-6-8-13)16(14)11-12-19-20(2,17)18/h4-10H,3,11-12H2,1-2H3. The van der Waals surface area contributed by atoms with Crippen LogP contribution in [0.25, 0.3) is 11.3 Å². The minimum atomic E-state index is -3.39. The van der Waals surface area contributed by atoms with Gasteiger partial charge >= 0.3 is 0 Å². The zero-order chi connectivity index (χ0) is 14.6. The molecule has 2 rings (SSSR count). The Hall–Kier alpha value is -1.59. The van der Waals surface area contributed by atoms with Crippen LogP contribution in [0.4, 0.5) is 0 Å². The lowest BCUT2D eigenvalue weighted by atomic mass is 10.1. The second kappa shape index (κ2) is 6.24. The fourth-order valence-electron chi connectivity index (χ4n) is 2.22. The summed E-state index contributed by atoms with van der Waals surface area (Å²) in [6.45, 7) is 2.76. The van der Waals surface area contributed by atoms with Crippen molar-refractivity contribution >= 4 is 10.1 Å². The molecule has 1 heterocycles. The lowest BCUT2D eigenvalue weighted by Crippen LogP contribution is -2.12. The van der Waals surface area contributed by atoms with Crippen molar-refractivity contribution in [3.05, 3.63) is 48.2 Å². The summed E-state index contributed by atoms with van der Waals surface area (Å²) >= 11 is 0. The summed E-state index contributed by atoms with van der Waals surface area (Å²) < 4.78 is 29.0. The van der Waals surface area contributed by atoms with Crippen LogP contribution >= 0.6 is 0 Å². The van der Waals surface area contributed by atoms with Crippen LogP contribution in [0.3, 0.4) is 0 Å². The maximum Gasteiger partial charge on any atom is 0.264 e. The van der Waals surface area contributed by atoms with Crippen molar-refractivity contribution in [2.75, 3.05) is 12.9 Å². The van der Waals surface area contributed by atoms with E-state index in [9.17, 15) is 8.42 Å². The van der Waals surface area contributed by atoms with Crippen LogP contribution in [-0.2, 0) is 27.3 Å². The molecular weight excluding hydrogens is 274 g/mol. The number of nitrogens with zero attached hydrogens (tertiary/aromatic N) is 1. The van der Waals surface area contributed by atoms with Crippen molar-refractivity contribution in [2.24, 2.45) is 0 Å². The van der Waals surface area contributed by atoms with Crippen LogP contribution in [0.1, 0.15) is 12.6 Å². The summed E-state index contributed by atoms with van der Waals surface area (Å²) in [6.07, 6.45) is 1.97. The number of benzene rings is 1. The van der Waals surface area contributed by atoms with Gasteiger partial charge < -0.3 is 4.57 Å². The first kappa shape index (κ1) is 14.8. The van der Waals surface area contributed by atoms with Gasteiger partial charge in [0.1, 0.15) is 0 Å². The normalized spacial score (nSPS) is 11.7. The summed E-state index contributed by atoms with van der Waals surface area (Å²) in [5.41, 5.74) is 3.37. The molecule has 1 aromatic heterocycles. The third-order valence-corrected chi connectivity index (χ3v) is 3.71. The van der Waals surface area contributed by atoms with E-state index in [1.807, 2.05) is 30.3 Å². The van der Waals surface area contributed by atoms with E-state index in [4.69, 9.17) is 4.18 Å². The highest BCUT2D eigenvalue weighted by molar-refractivity contribution is 7.85. The highest BCUT2D eigenvalue weighted by Gasteiger charge is 2.10.